The highest BCUT2D eigenvalue weighted by atomic mass is 35.5. The van der Waals surface area contributed by atoms with Crippen molar-refractivity contribution < 1.29 is 14.4 Å². The van der Waals surface area contributed by atoms with Crippen LogP contribution in [0.5, 0.6) is 0 Å². The minimum atomic E-state index is -0.725. The number of benzene rings is 1. The summed E-state index contributed by atoms with van der Waals surface area (Å²) >= 11 is 5.87. The van der Waals surface area contributed by atoms with Gasteiger partial charge in [0.1, 0.15) is 6.54 Å². The smallest absolute Gasteiger partial charge is 0.300 e. The molecule has 0 spiro atoms. The zero-order valence-corrected chi connectivity index (χ0v) is 9.75. The molecule has 5 nitrogen and oxygen atoms in total. The zero-order chi connectivity index (χ0) is 12.6. The standard InChI is InChI=1S/C11H9ClN2O3/c1-13-8(15)5-14-7-4-2-3-6(12)9(7)10(16)11(14)17/h2-4H,5H2,1H3,(H,13,15). The highest BCUT2D eigenvalue weighted by molar-refractivity contribution is 6.55. The first kappa shape index (κ1) is 11.6. The molecular formula is C11H9ClN2O3. The Hall–Kier alpha value is -1.88. The van der Waals surface area contributed by atoms with Crippen LogP contribution in [0.15, 0.2) is 18.2 Å². The number of carbonyl (C=O) groups excluding carboxylic acids is 3. The van der Waals surface area contributed by atoms with Gasteiger partial charge in [-0.25, -0.2) is 0 Å². The fraction of sp³-hybridized carbons (Fsp3) is 0.182. The lowest BCUT2D eigenvalue weighted by molar-refractivity contribution is -0.121. The van der Waals surface area contributed by atoms with Crippen LogP contribution < -0.4 is 10.2 Å². The third-order valence-corrected chi connectivity index (χ3v) is 2.84. The maximum atomic E-state index is 11.7. The number of ketones is 1. The van der Waals surface area contributed by atoms with Gasteiger partial charge in [0.05, 0.1) is 16.3 Å². The number of Topliss-reactive ketones (excluding diaryl/α,β-unsaturated/α-hetero) is 1. The molecule has 2 rings (SSSR count). The lowest BCUT2D eigenvalue weighted by atomic mass is 10.1. The first-order valence-corrected chi connectivity index (χ1v) is 5.29. The van der Waals surface area contributed by atoms with Crippen molar-refractivity contribution in [2.75, 3.05) is 18.5 Å². The molecule has 1 aliphatic rings. The molecule has 0 aliphatic carbocycles. The molecule has 0 radical (unpaired) electrons. The van der Waals surface area contributed by atoms with Crippen LogP contribution in [0.25, 0.3) is 0 Å². The van der Waals surface area contributed by atoms with Gasteiger partial charge in [-0.2, -0.15) is 0 Å². The van der Waals surface area contributed by atoms with Crippen molar-refractivity contribution >= 4 is 34.9 Å². The minimum absolute atomic E-state index is 0.170. The second-order valence-electron chi connectivity index (χ2n) is 3.53. The number of nitrogens with zero attached hydrogens (tertiary/aromatic N) is 1. The Morgan fingerprint density at radius 3 is 2.76 bits per heavy atom. The van der Waals surface area contributed by atoms with Crippen molar-refractivity contribution in [2.45, 2.75) is 0 Å². The van der Waals surface area contributed by atoms with Crippen LogP contribution in [-0.4, -0.2) is 31.2 Å². The summed E-state index contributed by atoms with van der Waals surface area (Å²) in [4.78, 5) is 35.8. The monoisotopic (exact) mass is 252 g/mol. The van der Waals surface area contributed by atoms with Crippen molar-refractivity contribution in [2.24, 2.45) is 0 Å². The van der Waals surface area contributed by atoms with Crippen LogP contribution in [0.2, 0.25) is 5.02 Å². The van der Waals surface area contributed by atoms with Gasteiger partial charge in [-0.05, 0) is 12.1 Å². The van der Waals surface area contributed by atoms with Crippen LogP contribution in [0.4, 0.5) is 5.69 Å². The molecular weight excluding hydrogens is 244 g/mol. The fourth-order valence-electron chi connectivity index (χ4n) is 1.68. The van der Waals surface area contributed by atoms with Crippen LogP contribution in [-0.2, 0) is 9.59 Å². The van der Waals surface area contributed by atoms with Crippen LogP contribution in [0, 0.1) is 0 Å². The molecule has 0 saturated heterocycles. The molecule has 0 fully saturated rings. The molecule has 1 N–H and O–H groups in total. The van der Waals surface area contributed by atoms with Crippen LogP contribution in [0.3, 0.4) is 0 Å². The number of anilines is 1. The van der Waals surface area contributed by atoms with Gasteiger partial charge in [-0.1, -0.05) is 17.7 Å². The summed E-state index contributed by atoms with van der Waals surface area (Å²) < 4.78 is 0. The summed E-state index contributed by atoms with van der Waals surface area (Å²) in [6.45, 7) is -0.186. The number of halogens is 1. The van der Waals surface area contributed by atoms with Gasteiger partial charge in [0, 0.05) is 7.05 Å². The normalized spacial score (nSPS) is 13.9. The molecule has 1 aromatic rings. The summed E-state index contributed by atoms with van der Waals surface area (Å²) in [5.74, 6) is -1.75. The number of amides is 2. The van der Waals surface area contributed by atoms with Gasteiger partial charge in [-0.15, -0.1) is 0 Å². The van der Waals surface area contributed by atoms with E-state index in [1.807, 2.05) is 0 Å². The summed E-state index contributed by atoms with van der Waals surface area (Å²) in [6.07, 6.45) is 0. The first-order valence-electron chi connectivity index (χ1n) is 4.91. The van der Waals surface area contributed by atoms with Gasteiger partial charge < -0.3 is 5.32 Å². The zero-order valence-electron chi connectivity index (χ0n) is 8.99. The van der Waals surface area contributed by atoms with E-state index in [1.165, 1.54) is 13.1 Å². The number of carbonyl (C=O) groups is 3. The molecule has 1 heterocycles. The van der Waals surface area contributed by atoms with Gasteiger partial charge in [0.25, 0.3) is 11.7 Å². The Kier molecular flexibility index (Phi) is 2.85. The number of fused-ring (bicyclic) bond motifs is 1. The van der Waals surface area contributed by atoms with Crippen molar-refractivity contribution in [3.8, 4) is 0 Å². The number of likely N-dealkylation sites (N-methyl/N-ethyl adjacent to an activating group) is 1. The summed E-state index contributed by atoms with van der Waals surface area (Å²) in [6, 6.07) is 4.76. The molecule has 1 aromatic carbocycles. The number of hydrogen-bond donors (Lipinski definition) is 1. The van der Waals surface area contributed by atoms with E-state index in [-0.39, 0.29) is 23.0 Å². The van der Waals surface area contributed by atoms with Crippen LogP contribution >= 0.6 is 11.6 Å². The molecule has 17 heavy (non-hydrogen) atoms. The van der Waals surface area contributed by atoms with Crippen molar-refractivity contribution in [1.82, 2.24) is 5.32 Å². The van der Waals surface area contributed by atoms with Gasteiger partial charge in [0.2, 0.25) is 5.91 Å². The Bertz CT molecular complexity index is 527. The van der Waals surface area contributed by atoms with Crippen LogP contribution in [0.1, 0.15) is 10.4 Å². The molecule has 0 bridgehead atoms. The Balaban J connectivity index is 2.45. The lowest BCUT2D eigenvalue weighted by Crippen LogP contribution is -2.38. The topological polar surface area (TPSA) is 66.5 Å². The predicted molar refractivity (Wildman–Crippen MR) is 62.2 cm³/mol. The second-order valence-corrected chi connectivity index (χ2v) is 3.93. The quantitative estimate of drug-likeness (QED) is 0.785. The average Bonchev–Trinajstić information content (AvgIpc) is 2.55. The third kappa shape index (κ3) is 1.78. The Morgan fingerprint density at radius 1 is 1.41 bits per heavy atom. The van der Waals surface area contributed by atoms with E-state index in [4.69, 9.17) is 11.6 Å². The van der Waals surface area contributed by atoms with Gasteiger partial charge >= 0.3 is 0 Å². The van der Waals surface area contributed by atoms with Gasteiger partial charge in [-0.3, -0.25) is 19.3 Å². The highest BCUT2D eigenvalue weighted by Crippen LogP contribution is 2.33. The molecule has 0 atom stereocenters. The second kappa shape index (κ2) is 4.18. The Morgan fingerprint density at radius 2 is 2.12 bits per heavy atom. The molecule has 88 valence electrons. The van der Waals surface area contributed by atoms with E-state index in [2.05, 4.69) is 5.32 Å². The van der Waals surface area contributed by atoms with E-state index in [0.29, 0.717) is 5.69 Å². The highest BCUT2D eigenvalue weighted by Gasteiger charge is 2.38. The van der Waals surface area contributed by atoms with E-state index < -0.39 is 11.7 Å². The van der Waals surface area contributed by atoms with Crippen molar-refractivity contribution in [3.63, 3.8) is 0 Å². The molecule has 0 aromatic heterocycles. The lowest BCUT2D eigenvalue weighted by Gasteiger charge is -2.14. The number of nitrogens with one attached hydrogen (secondary N) is 1. The SMILES string of the molecule is CNC(=O)CN1C(=O)C(=O)c2c(Cl)cccc21. The number of rotatable bonds is 2. The average molecular weight is 253 g/mol. The van der Waals surface area contributed by atoms with E-state index in [0.717, 1.165) is 4.90 Å². The van der Waals surface area contributed by atoms with E-state index in [9.17, 15) is 14.4 Å². The summed E-state index contributed by atoms with van der Waals surface area (Å²) in [7, 11) is 1.46. The summed E-state index contributed by atoms with van der Waals surface area (Å²) in [5.41, 5.74) is 0.555. The molecule has 0 unspecified atom stereocenters. The maximum absolute atomic E-state index is 11.7. The predicted octanol–water partition coefficient (Wildman–Crippen LogP) is 0.615. The molecule has 2 amide bonds. The van der Waals surface area contributed by atoms with E-state index in [1.54, 1.807) is 12.1 Å². The Labute approximate surface area is 102 Å². The number of hydrogen-bond acceptors (Lipinski definition) is 3. The first-order chi connectivity index (χ1) is 8.06. The molecule has 6 heteroatoms. The maximum Gasteiger partial charge on any atom is 0.300 e. The molecule has 1 aliphatic heterocycles. The molecule has 0 saturated carbocycles. The van der Waals surface area contributed by atoms with Crippen molar-refractivity contribution in [3.05, 3.63) is 28.8 Å². The largest absolute Gasteiger partial charge is 0.358 e. The van der Waals surface area contributed by atoms with E-state index >= 15 is 0 Å². The minimum Gasteiger partial charge on any atom is -0.358 e. The summed E-state index contributed by atoms with van der Waals surface area (Å²) in [5, 5.41) is 2.62. The van der Waals surface area contributed by atoms with Gasteiger partial charge in [0.15, 0.2) is 0 Å². The fourth-order valence-corrected chi connectivity index (χ4v) is 1.94. The van der Waals surface area contributed by atoms with Crippen molar-refractivity contribution in [1.29, 1.82) is 0 Å². The third-order valence-electron chi connectivity index (χ3n) is 2.53.